The Morgan fingerprint density at radius 3 is 2.45 bits per heavy atom. The van der Waals surface area contributed by atoms with Crippen LogP contribution < -0.4 is 5.32 Å². The fourth-order valence-corrected chi connectivity index (χ4v) is 4.88. The standard InChI is InChI=1S/C18H34N2/c1-14(2)11-19-12-15-5-7-20(8-6-15)13-18-10-16-3-4-17(18)9-16/h14-19H,3-13H2,1-2H3. The van der Waals surface area contributed by atoms with Gasteiger partial charge < -0.3 is 10.2 Å². The monoisotopic (exact) mass is 278 g/mol. The number of rotatable bonds is 6. The minimum absolute atomic E-state index is 0.785. The van der Waals surface area contributed by atoms with Crippen molar-refractivity contribution in [2.45, 2.75) is 52.4 Å². The van der Waals surface area contributed by atoms with Gasteiger partial charge in [0.1, 0.15) is 0 Å². The lowest BCUT2D eigenvalue weighted by molar-refractivity contribution is 0.138. The molecule has 1 aliphatic heterocycles. The normalized spacial score (nSPS) is 35.2. The summed E-state index contributed by atoms with van der Waals surface area (Å²) >= 11 is 0. The van der Waals surface area contributed by atoms with Gasteiger partial charge in [0.05, 0.1) is 0 Å². The molecule has 1 N–H and O–H groups in total. The van der Waals surface area contributed by atoms with Gasteiger partial charge in [0.15, 0.2) is 0 Å². The van der Waals surface area contributed by atoms with Gasteiger partial charge in [-0.05, 0) is 87.9 Å². The Bertz CT molecular complexity index is 294. The van der Waals surface area contributed by atoms with Crippen molar-refractivity contribution in [2.75, 3.05) is 32.7 Å². The zero-order valence-corrected chi connectivity index (χ0v) is 13.6. The van der Waals surface area contributed by atoms with E-state index >= 15 is 0 Å². The zero-order chi connectivity index (χ0) is 13.9. The molecule has 3 fully saturated rings. The highest BCUT2D eigenvalue weighted by Gasteiger charge is 2.40. The Labute approximate surface area is 125 Å². The van der Waals surface area contributed by atoms with Crippen molar-refractivity contribution in [2.24, 2.45) is 29.6 Å². The van der Waals surface area contributed by atoms with Gasteiger partial charge >= 0.3 is 0 Å². The molecule has 0 aromatic heterocycles. The van der Waals surface area contributed by atoms with Crippen LogP contribution in [0.15, 0.2) is 0 Å². The second-order valence-corrected chi connectivity index (χ2v) is 8.23. The molecule has 2 aliphatic carbocycles. The predicted molar refractivity (Wildman–Crippen MR) is 85.8 cm³/mol. The maximum Gasteiger partial charge on any atom is 0.00124 e. The molecule has 3 aliphatic rings. The first-order valence-electron chi connectivity index (χ1n) is 9.13. The summed E-state index contributed by atoms with van der Waals surface area (Å²) in [6.45, 7) is 11.2. The third-order valence-electron chi connectivity index (χ3n) is 6.07. The van der Waals surface area contributed by atoms with Crippen molar-refractivity contribution in [1.82, 2.24) is 10.2 Å². The molecule has 1 saturated heterocycles. The highest BCUT2D eigenvalue weighted by molar-refractivity contribution is 4.91. The summed E-state index contributed by atoms with van der Waals surface area (Å²) in [6.07, 6.45) is 9.06. The van der Waals surface area contributed by atoms with Crippen molar-refractivity contribution in [3.05, 3.63) is 0 Å². The molecular weight excluding hydrogens is 244 g/mol. The second-order valence-electron chi connectivity index (χ2n) is 8.23. The summed E-state index contributed by atoms with van der Waals surface area (Å²) in [4.78, 5) is 2.78. The fraction of sp³-hybridized carbons (Fsp3) is 1.00. The van der Waals surface area contributed by atoms with Gasteiger partial charge in [-0.2, -0.15) is 0 Å². The molecule has 0 aromatic rings. The van der Waals surface area contributed by atoms with E-state index in [9.17, 15) is 0 Å². The first-order valence-corrected chi connectivity index (χ1v) is 9.13. The van der Waals surface area contributed by atoms with E-state index < -0.39 is 0 Å². The topological polar surface area (TPSA) is 15.3 Å². The van der Waals surface area contributed by atoms with E-state index in [4.69, 9.17) is 0 Å². The molecule has 0 amide bonds. The molecule has 0 aromatic carbocycles. The molecule has 3 rings (SSSR count). The summed E-state index contributed by atoms with van der Waals surface area (Å²) < 4.78 is 0. The molecule has 2 heteroatoms. The van der Waals surface area contributed by atoms with E-state index in [0.29, 0.717) is 0 Å². The van der Waals surface area contributed by atoms with Crippen molar-refractivity contribution < 1.29 is 0 Å². The fourth-order valence-electron chi connectivity index (χ4n) is 4.88. The molecule has 20 heavy (non-hydrogen) atoms. The smallest absolute Gasteiger partial charge is 0.00124 e. The van der Waals surface area contributed by atoms with E-state index in [-0.39, 0.29) is 0 Å². The Hall–Kier alpha value is -0.0800. The van der Waals surface area contributed by atoms with Crippen LogP contribution in [0.3, 0.4) is 0 Å². The lowest BCUT2D eigenvalue weighted by atomic mass is 9.87. The number of fused-ring (bicyclic) bond motifs is 2. The number of hydrogen-bond acceptors (Lipinski definition) is 2. The lowest BCUT2D eigenvalue weighted by Crippen LogP contribution is -2.40. The molecule has 116 valence electrons. The van der Waals surface area contributed by atoms with Crippen LogP contribution in [0.25, 0.3) is 0 Å². The van der Waals surface area contributed by atoms with Crippen molar-refractivity contribution >= 4 is 0 Å². The number of hydrogen-bond donors (Lipinski definition) is 1. The molecular formula is C18H34N2. The van der Waals surface area contributed by atoms with E-state index in [1.54, 1.807) is 25.7 Å². The van der Waals surface area contributed by atoms with Crippen molar-refractivity contribution in [3.63, 3.8) is 0 Å². The Kier molecular flexibility index (Phi) is 5.04. The molecule has 0 radical (unpaired) electrons. The maximum absolute atomic E-state index is 3.65. The average molecular weight is 278 g/mol. The summed E-state index contributed by atoms with van der Waals surface area (Å²) in [5.74, 6) is 5.00. The van der Waals surface area contributed by atoms with E-state index in [0.717, 1.165) is 29.6 Å². The van der Waals surface area contributed by atoms with Gasteiger partial charge in [0, 0.05) is 6.54 Å². The largest absolute Gasteiger partial charge is 0.316 e. The van der Waals surface area contributed by atoms with Gasteiger partial charge in [0.25, 0.3) is 0 Å². The van der Waals surface area contributed by atoms with E-state index in [2.05, 4.69) is 24.1 Å². The van der Waals surface area contributed by atoms with Crippen LogP contribution in [0.5, 0.6) is 0 Å². The van der Waals surface area contributed by atoms with Gasteiger partial charge in [-0.15, -0.1) is 0 Å². The van der Waals surface area contributed by atoms with Gasteiger partial charge in [-0.3, -0.25) is 0 Å². The third kappa shape index (κ3) is 3.76. The summed E-state index contributed by atoms with van der Waals surface area (Å²) in [7, 11) is 0. The summed E-state index contributed by atoms with van der Waals surface area (Å²) in [6, 6.07) is 0. The van der Waals surface area contributed by atoms with Crippen molar-refractivity contribution in [1.29, 1.82) is 0 Å². The van der Waals surface area contributed by atoms with Crippen LogP contribution in [0.1, 0.15) is 52.4 Å². The summed E-state index contributed by atoms with van der Waals surface area (Å²) in [5, 5.41) is 3.65. The number of nitrogens with zero attached hydrogens (tertiary/aromatic N) is 1. The summed E-state index contributed by atoms with van der Waals surface area (Å²) in [5.41, 5.74) is 0. The average Bonchev–Trinajstić information content (AvgIpc) is 3.03. The van der Waals surface area contributed by atoms with Gasteiger partial charge in [0.2, 0.25) is 0 Å². The Balaban J connectivity index is 1.32. The Morgan fingerprint density at radius 2 is 1.85 bits per heavy atom. The predicted octanol–water partition coefficient (Wildman–Crippen LogP) is 3.38. The van der Waals surface area contributed by atoms with Crippen LogP contribution in [0.2, 0.25) is 0 Å². The number of likely N-dealkylation sites (tertiary alicyclic amines) is 1. The Morgan fingerprint density at radius 1 is 1.05 bits per heavy atom. The zero-order valence-electron chi connectivity index (χ0n) is 13.6. The highest BCUT2D eigenvalue weighted by atomic mass is 15.1. The van der Waals surface area contributed by atoms with E-state index in [1.165, 1.54) is 45.6 Å². The lowest BCUT2D eigenvalue weighted by Gasteiger charge is -2.35. The first-order chi connectivity index (χ1) is 9.70. The second kappa shape index (κ2) is 6.79. The van der Waals surface area contributed by atoms with Gasteiger partial charge in [-0.25, -0.2) is 0 Å². The third-order valence-corrected chi connectivity index (χ3v) is 6.07. The molecule has 1 heterocycles. The van der Waals surface area contributed by atoms with Crippen LogP contribution in [-0.2, 0) is 0 Å². The maximum atomic E-state index is 3.65. The van der Waals surface area contributed by atoms with E-state index in [1.807, 2.05) is 0 Å². The molecule has 0 spiro atoms. The number of piperidine rings is 1. The molecule has 2 bridgehead atoms. The SMILES string of the molecule is CC(C)CNCC1CCN(CC2CC3CCC2C3)CC1. The molecule has 3 unspecified atom stereocenters. The highest BCUT2D eigenvalue weighted by Crippen LogP contribution is 2.48. The van der Waals surface area contributed by atoms with Crippen LogP contribution in [-0.4, -0.2) is 37.6 Å². The van der Waals surface area contributed by atoms with Crippen LogP contribution in [0, 0.1) is 29.6 Å². The van der Waals surface area contributed by atoms with Gasteiger partial charge in [-0.1, -0.05) is 20.3 Å². The van der Waals surface area contributed by atoms with Crippen LogP contribution >= 0.6 is 0 Å². The molecule has 2 saturated carbocycles. The van der Waals surface area contributed by atoms with Crippen LogP contribution in [0.4, 0.5) is 0 Å². The minimum atomic E-state index is 0.785. The number of nitrogens with one attached hydrogen (secondary N) is 1. The van der Waals surface area contributed by atoms with Crippen molar-refractivity contribution in [3.8, 4) is 0 Å². The molecule has 2 nitrogen and oxygen atoms in total. The minimum Gasteiger partial charge on any atom is -0.316 e. The first kappa shape index (κ1) is 14.8. The quantitative estimate of drug-likeness (QED) is 0.801. The molecule has 3 atom stereocenters.